The van der Waals surface area contributed by atoms with Crippen LogP contribution in [0.25, 0.3) is 0 Å². The zero-order valence-corrected chi connectivity index (χ0v) is 11.7. The third-order valence-corrected chi connectivity index (χ3v) is 1.74. The van der Waals surface area contributed by atoms with Crippen LogP contribution in [0.5, 0.6) is 0 Å². The van der Waals surface area contributed by atoms with E-state index in [1.807, 2.05) is 41.5 Å². The van der Waals surface area contributed by atoms with Gasteiger partial charge in [-0.15, -0.1) is 0 Å². The second-order valence-corrected chi connectivity index (χ2v) is 6.18. The zero-order valence-electron chi connectivity index (χ0n) is 11.7. The summed E-state index contributed by atoms with van der Waals surface area (Å²) in [5.74, 6) is -0.356. The van der Waals surface area contributed by atoms with E-state index in [1.165, 1.54) is 0 Å². The Balaban J connectivity index is 3.82. The Bertz CT molecular complexity index is 274. The fourth-order valence-corrected chi connectivity index (χ4v) is 1.05. The molecule has 0 rings (SSSR count). The number of nitrogens with one attached hydrogen (secondary N) is 3. The van der Waals surface area contributed by atoms with Crippen LogP contribution in [0.15, 0.2) is 0 Å². The summed E-state index contributed by atoms with van der Waals surface area (Å²) in [6.45, 7) is 11.9. The summed E-state index contributed by atoms with van der Waals surface area (Å²) < 4.78 is 0. The molecule has 0 aliphatic rings. The lowest BCUT2D eigenvalue weighted by atomic mass is 10.1. The van der Waals surface area contributed by atoms with Gasteiger partial charge in [-0.25, -0.2) is 0 Å². The molecule has 5 heteroatoms. The summed E-state index contributed by atoms with van der Waals surface area (Å²) in [5.41, 5.74) is -0.378. The average molecular weight is 243 g/mol. The molecular weight excluding hydrogens is 218 g/mol. The van der Waals surface area contributed by atoms with Crippen molar-refractivity contribution >= 4 is 11.8 Å². The lowest BCUT2D eigenvalue weighted by molar-refractivity contribution is -0.126. The second kappa shape index (κ2) is 6.00. The molecule has 0 saturated carbocycles. The minimum atomic E-state index is -0.272. The van der Waals surface area contributed by atoms with Crippen molar-refractivity contribution in [3.63, 3.8) is 0 Å². The smallest absolute Gasteiger partial charge is 0.239 e. The first-order valence-corrected chi connectivity index (χ1v) is 5.82. The van der Waals surface area contributed by atoms with Gasteiger partial charge in [0.05, 0.1) is 13.1 Å². The van der Waals surface area contributed by atoms with Gasteiger partial charge >= 0.3 is 0 Å². The third-order valence-electron chi connectivity index (χ3n) is 1.74. The first-order chi connectivity index (χ1) is 7.49. The standard InChI is InChI=1S/C12H25N3O2/c1-11(2,3)14-8-9(16)13-7-10(17)15-12(4,5)6/h14H,7-8H2,1-6H3,(H,13,16)(H,15,17). The molecule has 0 aromatic carbocycles. The van der Waals surface area contributed by atoms with Crippen LogP contribution in [-0.4, -0.2) is 36.0 Å². The molecule has 0 heterocycles. The summed E-state index contributed by atoms with van der Waals surface area (Å²) in [7, 11) is 0. The molecule has 100 valence electrons. The number of carbonyl (C=O) groups excluding carboxylic acids is 2. The average Bonchev–Trinajstić information content (AvgIpc) is 2.07. The highest BCUT2D eigenvalue weighted by molar-refractivity contribution is 5.85. The van der Waals surface area contributed by atoms with Gasteiger partial charge in [-0.3, -0.25) is 9.59 Å². The van der Waals surface area contributed by atoms with E-state index in [2.05, 4.69) is 16.0 Å². The summed E-state index contributed by atoms with van der Waals surface area (Å²) >= 11 is 0. The highest BCUT2D eigenvalue weighted by Crippen LogP contribution is 1.97. The Labute approximate surface area is 104 Å². The van der Waals surface area contributed by atoms with E-state index < -0.39 is 0 Å². The molecule has 0 bridgehead atoms. The van der Waals surface area contributed by atoms with Gasteiger partial charge in [0.15, 0.2) is 0 Å². The van der Waals surface area contributed by atoms with E-state index in [1.54, 1.807) is 0 Å². The van der Waals surface area contributed by atoms with Crippen LogP contribution < -0.4 is 16.0 Å². The monoisotopic (exact) mass is 243 g/mol. The minimum absolute atomic E-state index is 0.0158. The zero-order chi connectivity index (χ0) is 13.7. The van der Waals surface area contributed by atoms with Crippen molar-refractivity contribution < 1.29 is 9.59 Å². The summed E-state index contributed by atoms with van der Waals surface area (Å²) in [5, 5.41) is 8.39. The SMILES string of the molecule is CC(C)(C)NCC(=O)NCC(=O)NC(C)(C)C. The van der Waals surface area contributed by atoms with E-state index in [0.717, 1.165) is 0 Å². The molecule has 0 aromatic rings. The van der Waals surface area contributed by atoms with Crippen molar-refractivity contribution in [2.24, 2.45) is 0 Å². The predicted molar refractivity (Wildman–Crippen MR) is 68.7 cm³/mol. The Hall–Kier alpha value is -1.10. The molecule has 0 saturated heterocycles. The maximum Gasteiger partial charge on any atom is 0.239 e. The number of hydrogen-bond acceptors (Lipinski definition) is 3. The van der Waals surface area contributed by atoms with Crippen LogP contribution in [0.2, 0.25) is 0 Å². The van der Waals surface area contributed by atoms with Gasteiger partial charge in [-0.1, -0.05) is 0 Å². The molecule has 2 amide bonds. The third kappa shape index (κ3) is 11.2. The molecule has 3 N–H and O–H groups in total. The van der Waals surface area contributed by atoms with E-state index >= 15 is 0 Å². The predicted octanol–water partition coefficient (Wildman–Crippen LogP) is 0.405. The van der Waals surface area contributed by atoms with Gasteiger partial charge in [0, 0.05) is 11.1 Å². The molecule has 0 atom stereocenters. The van der Waals surface area contributed by atoms with Gasteiger partial charge in [0.1, 0.15) is 0 Å². The van der Waals surface area contributed by atoms with Crippen LogP contribution in [0, 0.1) is 0 Å². The van der Waals surface area contributed by atoms with Crippen molar-refractivity contribution in [1.29, 1.82) is 0 Å². The van der Waals surface area contributed by atoms with Crippen LogP contribution in [0.1, 0.15) is 41.5 Å². The highest BCUT2D eigenvalue weighted by atomic mass is 16.2. The Morgan fingerprint density at radius 3 is 1.76 bits per heavy atom. The van der Waals surface area contributed by atoms with E-state index in [9.17, 15) is 9.59 Å². The van der Waals surface area contributed by atoms with Crippen LogP contribution >= 0.6 is 0 Å². The van der Waals surface area contributed by atoms with E-state index in [4.69, 9.17) is 0 Å². The molecule has 0 aromatic heterocycles. The van der Waals surface area contributed by atoms with E-state index in [0.29, 0.717) is 0 Å². The summed E-state index contributed by atoms with van der Waals surface area (Å²) in [4.78, 5) is 22.8. The molecule has 0 spiro atoms. The summed E-state index contributed by atoms with van der Waals surface area (Å²) in [6, 6.07) is 0. The first kappa shape index (κ1) is 15.9. The number of rotatable bonds is 4. The Kier molecular flexibility index (Phi) is 5.61. The largest absolute Gasteiger partial charge is 0.350 e. The lowest BCUT2D eigenvalue weighted by Gasteiger charge is -2.21. The molecule has 17 heavy (non-hydrogen) atoms. The normalized spacial score (nSPS) is 12.1. The van der Waals surface area contributed by atoms with Crippen molar-refractivity contribution in [2.75, 3.05) is 13.1 Å². The van der Waals surface area contributed by atoms with Gasteiger partial charge in [0.25, 0.3) is 0 Å². The number of hydrogen-bond donors (Lipinski definition) is 3. The van der Waals surface area contributed by atoms with Crippen LogP contribution in [-0.2, 0) is 9.59 Å². The quantitative estimate of drug-likeness (QED) is 0.669. The fraction of sp³-hybridized carbons (Fsp3) is 0.833. The Morgan fingerprint density at radius 2 is 1.35 bits per heavy atom. The van der Waals surface area contributed by atoms with Crippen molar-refractivity contribution in [3.05, 3.63) is 0 Å². The van der Waals surface area contributed by atoms with Crippen LogP contribution in [0.3, 0.4) is 0 Å². The van der Waals surface area contributed by atoms with Crippen molar-refractivity contribution in [3.8, 4) is 0 Å². The molecule has 0 radical (unpaired) electrons. The maximum atomic E-state index is 11.4. The van der Waals surface area contributed by atoms with Crippen molar-refractivity contribution in [1.82, 2.24) is 16.0 Å². The summed E-state index contributed by atoms with van der Waals surface area (Å²) in [6.07, 6.45) is 0. The number of carbonyl (C=O) groups is 2. The first-order valence-electron chi connectivity index (χ1n) is 5.82. The topological polar surface area (TPSA) is 70.2 Å². The molecule has 0 aliphatic carbocycles. The molecule has 5 nitrogen and oxygen atoms in total. The van der Waals surface area contributed by atoms with Crippen LogP contribution in [0.4, 0.5) is 0 Å². The van der Waals surface area contributed by atoms with Gasteiger partial charge < -0.3 is 16.0 Å². The molecule has 0 unspecified atom stereocenters. The van der Waals surface area contributed by atoms with Gasteiger partial charge in [-0.05, 0) is 41.5 Å². The van der Waals surface area contributed by atoms with Gasteiger partial charge in [0.2, 0.25) is 11.8 Å². The highest BCUT2D eigenvalue weighted by Gasteiger charge is 2.15. The second-order valence-electron chi connectivity index (χ2n) is 6.18. The Morgan fingerprint density at radius 1 is 0.824 bits per heavy atom. The fourth-order valence-electron chi connectivity index (χ4n) is 1.05. The van der Waals surface area contributed by atoms with Gasteiger partial charge in [-0.2, -0.15) is 0 Å². The maximum absolute atomic E-state index is 11.4. The lowest BCUT2D eigenvalue weighted by Crippen LogP contribution is -2.48. The van der Waals surface area contributed by atoms with E-state index in [-0.39, 0.29) is 36.0 Å². The minimum Gasteiger partial charge on any atom is -0.350 e. The number of amides is 2. The molecule has 0 aliphatic heterocycles. The van der Waals surface area contributed by atoms with Crippen molar-refractivity contribution in [2.45, 2.75) is 52.6 Å². The molecule has 0 fully saturated rings. The molecular formula is C12H25N3O2.